The van der Waals surface area contributed by atoms with E-state index in [1.165, 1.54) is 12.1 Å². The summed E-state index contributed by atoms with van der Waals surface area (Å²) < 4.78 is 13.8. The van der Waals surface area contributed by atoms with Gasteiger partial charge in [-0.3, -0.25) is 0 Å². The van der Waals surface area contributed by atoms with Crippen LogP contribution in [0.1, 0.15) is 57.6 Å². The number of halogens is 1. The molecule has 1 aliphatic heterocycles. The van der Waals surface area contributed by atoms with Crippen LogP contribution in [-0.2, 0) is 0 Å². The van der Waals surface area contributed by atoms with Gasteiger partial charge >= 0.3 is 6.03 Å². The van der Waals surface area contributed by atoms with E-state index in [9.17, 15) is 14.3 Å². The van der Waals surface area contributed by atoms with Crippen LogP contribution in [0.25, 0.3) is 0 Å². The maximum atomic E-state index is 13.8. The summed E-state index contributed by atoms with van der Waals surface area (Å²) in [5.74, 6) is -0.309. The molecule has 0 spiro atoms. The summed E-state index contributed by atoms with van der Waals surface area (Å²) >= 11 is 0. The molecule has 1 atom stereocenters. The van der Waals surface area contributed by atoms with Crippen molar-refractivity contribution in [3.05, 3.63) is 29.6 Å². The quantitative estimate of drug-likeness (QED) is 0.783. The van der Waals surface area contributed by atoms with E-state index in [4.69, 9.17) is 0 Å². The monoisotopic (exact) mass is 349 g/mol. The fourth-order valence-electron chi connectivity index (χ4n) is 3.68. The van der Waals surface area contributed by atoms with Gasteiger partial charge in [0.2, 0.25) is 0 Å². The number of amides is 2. The number of rotatable bonds is 4. The molecule has 6 heteroatoms. The molecule has 138 valence electrons. The molecule has 3 rings (SSSR count). The molecular weight excluding hydrogens is 321 g/mol. The third-order valence-corrected chi connectivity index (χ3v) is 5.48. The van der Waals surface area contributed by atoms with Gasteiger partial charge in [0, 0.05) is 29.9 Å². The van der Waals surface area contributed by atoms with Crippen molar-refractivity contribution in [3.8, 4) is 0 Å². The van der Waals surface area contributed by atoms with Crippen LogP contribution in [0.2, 0.25) is 0 Å². The summed E-state index contributed by atoms with van der Waals surface area (Å²) in [5.41, 5.74) is 1.58. The topological polar surface area (TPSA) is 64.6 Å². The van der Waals surface area contributed by atoms with E-state index in [2.05, 4.69) is 15.5 Å². The van der Waals surface area contributed by atoms with E-state index in [-0.39, 0.29) is 29.5 Å². The van der Waals surface area contributed by atoms with Gasteiger partial charge in [-0.15, -0.1) is 0 Å². The third kappa shape index (κ3) is 4.24. The van der Waals surface area contributed by atoms with Gasteiger partial charge in [0.05, 0.1) is 12.1 Å². The second-order valence-corrected chi connectivity index (χ2v) is 7.66. The molecule has 1 aliphatic carbocycles. The number of nitrogens with one attached hydrogen (secondary N) is 2. The van der Waals surface area contributed by atoms with Gasteiger partial charge in [0.15, 0.2) is 0 Å². The molecule has 0 radical (unpaired) electrons. The number of piperidine rings is 1. The number of carbonyl (C=O) groups is 1. The van der Waals surface area contributed by atoms with Crippen molar-refractivity contribution in [2.45, 2.75) is 63.6 Å². The van der Waals surface area contributed by atoms with Crippen molar-refractivity contribution >= 4 is 11.7 Å². The fraction of sp³-hybridized carbons (Fsp3) is 0.632. The van der Waals surface area contributed by atoms with Crippen LogP contribution < -0.4 is 15.5 Å². The Morgan fingerprint density at radius 2 is 2.04 bits per heavy atom. The highest BCUT2D eigenvalue weighted by Gasteiger charge is 2.33. The Bertz CT molecular complexity index is 625. The summed E-state index contributed by atoms with van der Waals surface area (Å²) in [6, 6.07) is 4.20. The lowest BCUT2D eigenvalue weighted by Crippen LogP contribution is -2.54. The average molecular weight is 349 g/mol. The molecule has 2 amide bonds. The molecule has 1 saturated carbocycles. The van der Waals surface area contributed by atoms with Crippen molar-refractivity contribution in [1.29, 1.82) is 0 Å². The van der Waals surface area contributed by atoms with Crippen LogP contribution in [0.3, 0.4) is 0 Å². The molecule has 25 heavy (non-hydrogen) atoms. The Balaban J connectivity index is 1.71. The number of hydrogen-bond acceptors (Lipinski definition) is 3. The first kappa shape index (κ1) is 18.0. The lowest BCUT2D eigenvalue weighted by Gasteiger charge is -2.39. The van der Waals surface area contributed by atoms with E-state index in [1.54, 1.807) is 6.07 Å². The molecule has 1 saturated heterocycles. The lowest BCUT2D eigenvalue weighted by atomic mass is 9.79. The Morgan fingerprint density at radius 3 is 2.64 bits per heavy atom. The number of anilines is 1. The molecule has 2 aliphatic rings. The van der Waals surface area contributed by atoms with Gasteiger partial charge in [0.25, 0.3) is 0 Å². The van der Waals surface area contributed by atoms with Gasteiger partial charge in [-0.1, -0.05) is 0 Å². The zero-order valence-electron chi connectivity index (χ0n) is 15.0. The van der Waals surface area contributed by atoms with Gasteiger partial charge in [-0.25, -0.2) is 9.18 Å². The van der Waals surface area contributed by atoms with Crippen molar-refractivity contribution < 1.29 is 14.3 Å². The molecular formula is C19H28FN3O2. The van der Waals surface area contributed by atoms with E-state index < -0.39 is 0 Å². The van der Waals surface area contributed by atoms with E-state index in [1.807, 2.05) is 13.8 Å². The van der Waals surface area contributed by atoms with Gasteiger partial charge in [-0.05, 0) is 64.2 Å². The maximum absolute atomic E-state index is 13.8. The first-order valence-corrected chi connectivity index (χ1v) is 9.17. The Morgan fingerprint density at radius 1 is 1.36 bits per heavy atom. The highest BCUT2D eigenvalue weighted by atomic mass is 19.1. The van der Waals surface area contributed by atoms with Crippen LogP contribution >= 0.6 is 0 Å². The second kappa shape index (κ2) is 7.20. The summed E-state index contributed by atoms with van der Waals surface area (Å²) in [6.45, 7) is 5.39. The Hall–Kier alpha value is -1.82. The largest absolute Gasteiger partial charge is 0.393 e. The van der Waals surface area contributed by atoms with Crippen molar-refractivity contribution in [2.75, 3.05) is 18.0 Å². The first-order chi connectivity index (χ1) is 11.9. The number of hydrogen-bond donors (Lipinski definition) is 3. The summed E-state index contributed by atoms with van der Waals surface area (Å²) in [7, 11) is 0. The van der Waals surface area contributed by atoms with E-state index in [0.29, 0.717) is 12.8 Å². The number of benzene rings is 1. The van der Waals surface area contributed by atoms with Crippen LogP contribution in [0.15, 0.2) is 18.2 Å². The molecule has 2 fully saturated rings. The van der Waals surface area contributed by atoms with E-state index in [0.717, 1.165) is 43.6 Å². The highest BCUT2D eigenvalue weighted by molar-refractivity contribution is 5.76. The number of aliphatic hydroxyl groups excluding tert-OH is 1. The molecule has 1 aromatic carbocycles. The maximum Gasteiger partial charge on any atom is 0.315 e. The molecule has 5 nitrogen and oxygen atoms in total. The summed E-state index contributed by atoms with van der Waals surface area (Å²) in [5, 5.41) is 15.7. The normalized spacial score (nSPS) is 21.4. The SMILES string of the molecule is CC(NC(=O)NC1(C)CCC1)c1cc(F)ccc1N1CCC(O)CC1. The molecule has 0 bridgehead atoms. The second-order valence-electron chi connectivity index (χ2n) is 7.66. The van der Waals surface area contributed by atoms with E-state index >= 15 is 0 Å². The number of aliphatic hydroxyl groups is 1. The summed E-state index contributed by atoms with van der Waals surface area (Å²) in [6.07, 6.45) is 4.28. The fourth-order valence-corrected chi connectivity index (χ4v) is 3.68. The molecule has 3 N–H and O–H groups in total. The number of carbonyl (C=O) groups excluding carboxylic acids is 1. The smallest absolute Gasteiger partial charge is 0.315 e. The zero-order chi connectivity index (χ0) is 18.0. The molecule has 1 aromatic rings. The highest BCUT2D eigenvalue weighted by Crippen LogP contribution is 2.32. The zero-order valence-corrected chi connectivity index (χ0v) is 15.0. The average Bonchev–Trinajstić information content (AvgIpc) is 2.54. The first-order valence-electron chi connectivity index (χ1n) is 9.17. The molecule has 1 heterocycles. The minimum Gasteiger partial charge on any atom is -0.393 e. The Labute approximate surface area is 148 Å². The van der Waals surface area contributed by atoms with Crippen LogP contribution in [0.5, 0.6) is 0 Å². The van der Waals surface area contributed by atoms with Gasteiger partial charge < -0.3 is 20.6 Å². The Kier molecular flexibility index (Phi) is 5.18. The number of nitrogens with zero attached hydrogens (tertiary/aromatic N) is 1. The lowest BCUT2D eigenvalue weighted by molar-refractivity contribution is 0.145. The predicted molar refractivity (Wildman–Crippen MR) is 96.2 cm³/mol. The molecule has 1 unspecified atom stereocenters. The predicted octanol–water partition coefficient (Wildman–Crippen LogP) is 3.09. The molecule has 0 aromatic heterocycles. The summed E-state index contributed by atoms with van der Waals surface area (Å²) in [4.78, 5) is 14.4. The van der Waals surface area contributed by atoms with Crippen molar-refractivity contribution in [3.63, 3.8) is 0 Å². The van der Waals surface area contributed by atoms with Crippen LogP contribution in [-0.4, -0.2) is 35.9 Å². The number of urea groups is 1. The van der Waals surface area contributed by atoms with Crippen molar-refractivity contribution in [1.82, 2.24) is 10.6 Å². The van der Waals surface area contributed by atoms with Crippen LogP contribution in [0, 0.1) is 5.82 Å². The standard InChI is InChI=1S/C19H28FN3O2/c1-13(21-18(25)22-19(2)8-3-9-19)16-12-14(20)4-5-17(16)23-10-6-15(24)7-11-23/h4-5,12-13,15,24H,3,6-11H2,1-2H3,(H2,21,22,25). The van der Waals surface area contributed by atoms with Gasteiger partial charge in [0.1, 0.15) is 5.82 Å². The van der Waals surface area contributed by atoms with Crippen LogP contribution in [0.4, 0.5) is 14.9 Å². The minimum absolute atomic E-state index is 0.114. The van der Waals surface area contributed by atoms with Gasteiger partial charge in [-0.2, -0.15) is 0 Å². The minimum atomic E-state index is -0.309. The third-order valence-electron chi connectivity index (χ3n) is 5.48. The van der Waals surface area contributed by atoms with Crippen molar-refractivity contribution in [2.24, 2.45) is 0 Å².